The second kappa shape index (κ2) is 6.51. The van der Waals surface area contributed by atoms with Crippen LogP contribution < -0.4 is 0 Å². The number of thiophene rings is 2. The highest BCUT2D eigenvalue weighted by Crippen LogP contribution is 2.41. The molecule has 0 unspecified atom stereocenters. The van der Waals surface area contributed by atoms with E-state index in [-0.39, 0.29) is 0 Å². The first kappa shape index (κ1) is 20.1. The summed E-state index contributed by atoms with van der Waals surface area (Å²) in [6, 6.07) is 19.8. The summed E-state index contributed by atoms with van der Waals surface area (Å²) in [6.45, 7) is 0. The maximum atomic E-state index is 12.0. The predicted molar refractivity (Wildman–Crippen MR) is 136 cm³/mol. The van der Waals surface area contributed by atoms with Crippen molar-refractivity contribution in [2.24, 2.45) is 0 Å². The third kappa shape index (κ3) is 2.90. The molecule has 0 aliphatic heterocycles. The van der Waals surface area contributed by atoms with E-state index in [9.17, 15) is 16.8 Å². The zero-order valence-electron chi connectivity index (χ0n) is 17.0. The van der Waals surface area contributed by atoms with Crippen molar-refractivity contribution in [1.29, 1.82) is 0 Å². The number of hydrogen-bond donors (Lipinski definition) is 0. The first-order valence-corrected chi connectivity index (χ1v) is 15.2. The highest BCUT2D eigenvalue weighted by atomic mass is 32.2. The van der Waals surface area contributed by atoms with Gasteiger partial charge >= 0.3 is 0 Å². The molecule has 0 aliphatic carbocycles. The van der Waals surface area contributed by atoms with Crippen molar-refractivity contribution >= 4 is 94.8 Å². The zero-order chi connectivity index (χ0) is 22.4. The third-order valence-electron chi connectivity index (χ3n) is 5.84. The fourth-order valence-electron chi connectivity index (χ4n) is 4.35. The molecule has 6 rings (SSSR count). The van der Waals surface area contributed by atoms with Gasteiger partial charge < -0.3 is 0 Å². The maximum Gasteiger partial charge on any atom is 0.184 e. The molecular weight excluding hydrogens is 481 g/mol. The van der Waals surface area contributed by atoms with Gasteiger partial charge in [-0.25, -0.2) is 16.8 Å². The van der Waals surface area contributed by atoms with Gasteiger partial charge in [-0.1, -0.05) is 48.5 Å². The molecule has 32 heavy (non-hydrogen) atoms. The highest BCUT2D eigenvalue weighted by Gasteiger charge is 2.17. The zero-order valence-corrected chi connectivity index (χ0v) is 20.3. The molecule has 0 atom stereocenters. The van der Waals surface area contributed by atoms with Crippen LogP contribution >= 0.6 is 22.7 Å². The lowest BCUT2D eigenvalue weighted by Crippen LogP contribution is -1.91. The summed E-state index contributed by atoms with van der Waals surface area (Å²) in [4.78, 5) is 0. The van der Waals surface area contributed by atoms with Gasteiger partial charge in [0.05, 0.1) is 0 Å². The van der Waals surface area contributed by atoms with E-state index in [0.29, 0.717) is 8.42 Å². The Morgan fingerprint density at radius 3 is 1.19 bits per heavy atom. The molecule has 6 aromatic rings. The van der Waals surface area contributed by atoms with Gasteiger partial charge in [0, 0.05) is 32.7 Å². The van der Waals surface area contributed by atoms with Crippen LogP contribution in [-0.4, -0.2) is 29.3 Å². The normalized spacial score (nSPS) is 13.2. The topological polar surface area (TPSA) is 68.3 Å². The fourth-order valence-corrected chi connectivity index (χ4v) is 8.58. The van der Waals surface area contributed by atoms with Gasteiger partial charge in [0.25, 0.3) is 0 Å². The van der Waals surface area contributed by atoms with Crippen molar-refractivity contribution < 1.29 is 16.8 Å². The summed E-state index contributed by atoms with van der Waals surface area (Å²) in [5, 5.41) is 8.24. The summed E-state index contributed by atoms with van der Waals surface area (Å²) in [5.74, 6) is 0. The third-order valence-corrected chi connectivity index (χ3v) is 11.8. The molecule has 0 aliphatic rings. The van der Waals surface area contributed by atoms with Crippen molar-refractivity contribution in [2.75, 3.05) is 12.5 Å². The Labute approximate surface area is 192 Å². The molecule has 0 saturated heterocycles. The molecule has 4 aromatic carbocycles. The molecule has 160 valence electrons. The predicted octanol–water partition coefficient (Wildman–Crippen LogP) is 6.38. The minimum absolute atomic E-state index is 0.375. The van der Waals surface area contributed by atoms with E-state index in [1.807, 2.05) is 12.1 Å². The van der Waals surface area contributed by atoms with Gasteiger partial charge in [-0.15, -0.1) is 22.7 Å². The Morgan fingerprint density at radius 1 is 0.500 bits per heavy atom. The smallest absolute Gasteiger partial charge is 0.184 e. The molecule has 8 heteroatoms. The van der Waals surface area contributed by atoms with E-state index in [0.717, 1.165) is 52.5 Å². The molecule has 0 fully saturated rings. The van der Waals surface area contributed by atoms with E-state index in [4.69, 9.17) is 0 Å². The molecule has 0 spiro atoms. The van der Waals surface area contributed by atoms with Crippen LogP contribution in [0.3, 0.4) is 0 Å². The Bertz CT molecular complexity index is 1830. The lowest BCUT2D eigenvalue weighted by atomic mass is 9.96. The Morgan fingerprint density at radius 2 is 0.812 bits per heavy atom. The van der Waals surface area contributed by atoms with Gasteiger partial charge in [0.1, 0.15) is 8.42 Å². The molecule has 2 aromatic heterocycles. The van der Waals surface area contributed by atoms with Crippen molar-refractivity contribution in [2.45, 2.75) is 8.42 Å². The fraction of sp³-hybridized carbons (Fsp3) is 0.0833. The summed E-state index contributed by atoms with van der Waals surface area (Å²) < 4.78 is 50.9. The van der Waals surface area contributed by atoms with E-state index >= 15 is 0 Å². The van der Waals surface area contributed by atoms with E-state index in [1.165, 1.54) is 35.2 Å². The number of benzene rings is 4. The molecule has 0 radical (unpaired) electrons. The van der Waals surface area contributed by atoms with E-state index < -0.39 is 19.7 Å². The van der Waals surface area contributed by atoms with Crippen LogP contribution in [-0.2, 0) is 19.7 Å². The summed E-state index contributed by atoms with van der Waals surface area (Å²) in [6.07, 6.45) is 2.48. The molecule has 0 bridgehead atoms. The van der Waals surface area contributed by atoms with Crippen molar-refractivity contribution in [3.8, 4) is 0 Å². The van der Waals surface area contributed by atoms with Gasteiger partial charge in [0.15, 0.2) is 19.7 Å². The Kier molecular flexibility index (Phi) is 4.09. The summed E-state index contributed by atoms with van der Waals surface area (Å²) in [5.41, 5.74) is 0. The second-order valence-corrected chi connectivity index (χ2v) is 14.6. The molecule has 0 saturated carbocycles. The van der Waals surface area contributed by atoms with Crippen LogP contribution in [0, 0.1) is 0 Å². The SMILES string of the molecule is CS(=O)(=O)c1cc2ccc3c4ccc5c(ccc6cc(S(C)(=O)=O)sc65)c4ccc3c2s1. The maximum absolute atomic E-state index is 12.0. The Balaban J connectivity index is 1.69. The average Bonchev–Trinajstić information content (AvgIpc) is 3.37. The molecule has 0 N–H and O–H groups in total. The molecular formula is C24H16O4S4. The van der Waals surface area contributed by atoms with Gasteiger partial charge in [-0.3, -0.25) is 0 Å². The van der Waals surface area contributed by atoms with E-state index in [2.05, 4.69) is 36.4 Å². The Hall–Kier alpha value is -2.52. The minimum Gasteiger partial charge on any atom is -0.223 e. The van der Waals surface area contributed by atoms with Crippen molar-refractivity contribution in [3.05, 3.63) is 60.7 Å². The quantitative estimate of drug-likeness (QED) is 0.261. The minimum atomic E-state index is -3.26. The lowest BCUT2D eigenvalue weighted by molar-refractivity contribution is 0.602. The lowest BCUT2D eigenvalue weighted by Gasteiger charge is -2.09. The number of fused-ring (bicyclic) bond motifs is 9. The first-order chi connectivity index (χ1) is 15.1. The van der Waals surface area contributed by atoms with Crippen LogP contribution in [0.15, 0.2) is 69.1 Å². The van der Waals surface area contributed by atoms with Crippen LogP contribution in [0.1, 0.15) is 0 Å². The summed E-state index contributed by atoms with van der Waals surface area (Å²) in [7, 11) is -6.51. The number of sulfone groups is 2. The van der Waals surface area contributed by atoms with Crippen molar-refractivity contribution in [1.82, 2.24) is 0 Å². The van der Waals surface area contributed by atoms with Crippen LogP contribution in [0.4, 0.5) is 0 Å². The van der Waals surface area contributed by atoms with Gasteiger partial charge in [-0.2, -0.15) is 0 Å². The van der Waals surface area contributed by atoms with Crippen LogP contribution in [0.5, 0.6) is 0 Å². The molecule has 2 heterocycles. The highest BCUT2D eigenvalue weighted by molar-refractivity contribution is 7.93. The van der Waals surface area contributed by atoms with Crippen molar-refractivity contribution in [3.63, 3.8) is 0 Å². The first-order valence-electron chi connectivity index (χ1n) is 9.76. The largest absolute Gasteiger partial charge is 0.223 e. The standard InChI is InChI=1S/C24H16O4S4/c1-31(25,26)21-11-13-3-5-17-15-8-10-20-18(16(15)7-9-19(17)23(13)29-21)6-4-14-12-22(30-24(14)20)32(2,27)28/h3-12H,1-2H3. The second-order valence-electron chi connectivity index (χ2n) is 8.06. The number of hydrogen-bond acceptors (Lipinski definition) is 6. The van der Waals surface area contributed by atoms with Crippen LogP contribution in [0.25, 0.3) is 52.5 Å². The average molecular weight is 497 g/mol. The number of rotatable bonds is 2. The van der Waals surface area contributed by atoms with Crippen LogP contribution in [0.2, 0.25) is 0 Å². The molecule has 4 nitrogen and oxygen atoms in total. The van der Waals surface area contributed by atoms with E-state index in [1.54, 1.807) is 12.1 Å². The molecule has 0 amide bonds. The monoisotopic (exact) mass is 496 g/mol. The van der Waals surface area contributed by atoms with Gasteiger partial charge in [0.2, 0.25) is 0 Å². The van der Waals surface area contributed by atoms with Gasteiger partial charge in [-0.05, 0) is 44.5 Å². The summed E-state index contributed by atoms with van der Waals surface area (Å²) >= 11 is 2.62.